The van der Waals surface area contributed by atoms with Crippen molar-refractivity contribution in [1.29, 1.82) is 0 Å². The van der Waals surface area contributed by atoms with Crippen LogP contribution < -0.4 is 39.6 Å². The second-order valence-electron chi connectivity index (χ2n) is 18.5. The van der Waals surface area contributed by atoms with Gasteiger partial charge in [-0.25, -0.2) is 0 Å². The second kappa shape index (κ2) is 32.1. The molecule has 1 aliphatic rings. The number of ketones is 1. The van der Waals surface area contributed by atoms with E-state index in [-0.39, 0.29) is 79.8 Å². The lowest BCUT2D eigenvalue weighted by atomic mass is 10.0. The molecule has 4 aromatic heterocycles. The highest BCUT2D eigenvalue weighted by Gasteiger charge is 2.22. The molecule has 1 aliphatic heterocycles. The third kappa shape index (κ3) is 22.4. The number of hydrogen-bond donors (Lipinski definition) is 5. The van der Waals surface area contributed by atoms with E-state index >= 15 is 0 Å². The Bertz CT molecular complexity index is 2530. The van der Waals surface area contributed by atoms with E-state index in [4.69, 9.17) is 0 Å². The van der Waals surface area contributed by atoms with E-state index in [2.05, 4.69) is 81.2 Å². The van der Waals surface area contributed by atoms with Gasteiger partial charge >= 0.3 is 0 Å². The molecule has 0 radical (unpaired) electrons. The molecule has 0 spiro atoms. The molecule has 2 aromatic carbocycles. The summed E-state index contributed by atoms with van der Waals surface area (Å²) in [5, 5.41) is 5.85. The van der Waals surface area contributed by atoms with Crippen molar-refractivity contribution in [3.05, 3.63) is 186 Å². The molecule has 4 amide bonds. The lowest BCUT2D eigenvalue weighted by molar-refractivity contribution is -0.397. The van der Waals surface area contributed by atoms with Crippen LogP contribution in [0.5, 0.6) is 0 Å². The number of halogens is 1. The van der Waals surface area contributed by atoms with E-state index in [0.29, 0.717) is 44.8 Å². The minimum absolute atomic E-state index is 0. The molecule has 7 N–H and O–H groups in total. The molecule has 396 valence electrons. The Balaban J connectivity index is 0.000000274. The minimum Gasteiger partial charge on any atom is -1.00 e. The van der Waals surface area contributed by atoms with Gasteiger partial charge in [-0.05, 0) is 85.1 Å². The summed E-state index contributed by atoms with van der Waals surface area (Å²) >= 11 is 0. The molecule has 5 heterocycles. The summed E-state index contributed by atoms with van der Waals surface area (Å²) in [6.07, 6.45) is 7.80. The van der Waals surface area contributed by atoms with E-state index in [1.165, 1.54) is 5.56 Å². The van der Waals surface area contributed by atoms with Crippen molar-refractivity contribution in [1.82, 2.24) is 55.7 Å². The van der Waals surface area contributed by atoms with Gasteiger partial charge in [0.2, 0.25) is 11.8 Å². The first-order chi connectivity index (χ1) is 35.9. The summed E-state index contributed by atoms with van der Waals surface area (Å²) in [5.74, 6) is -1.16. The average Bonchev–Trinajstić information content (AvgIpc) is 3.40. The van der Waals surface area contributed by atoms with E-state index in [1.807, 2.05) is 113 Å². The number of Topliss-reactive ketones (excluding diaryl/α,β-unsaturated/α-hetero) is 1. The summed E-state index contributed by atoms with van der Waals surface area (Å²) in [4.78, 5) is 87.9. The number of hydrazine groups is 1. The van der Waals surface area contributed by atoms with E-state index in [9.17, 15) is 24.0 Å². The summed E-state index contributed by atoms with van der Waals surface area (Å²) in [6.45, 7) is 10.9. The van der Waals surface area contributed by atoms with Gasteiger partial charge in [0, 0.05) is 108 Å². The van der Waals surface area contributed by atoms with Crippen LogP contribution >= 0.6 is 0 Å². The zero-order chi connectivity index (χ0) is 52.3. The average molecular weight is 1040 g/mol. The molecule has 7 rings (SSSR count). The number of nitrogens with one attached hydrogen (secondary N) is 4. The molecule has 0 bridgehead atoms. The summed E-state index contributed by atoms with van der Waals surface area (Å²) in [6, 6.07) is 40.5. The maximum Gasteiger partial charge on any atom is 0.252 e. The maximum atomic E-state index is 12.8. The highest BCUT2D eigenvalue weighted by atomic mass is 35.5. The molecule has 0 saturated carbocycles. The topological polar surface area (TPSA) is 226 Å². The molecule has 0 unspecified atom stereocenters. The Kier molecular flexibility index (Phi) is 25.1. The Morgan fingerprint density at radius 1 is 0.560 bits per heavy atom. The highest BCUT2D eigenvalue weighted by molar-refractivity contribution is 5.92. The predicted molar refractivity (Wildman–Crippen MR) is 283 cm³/mol. The molecular formula is C56H70ClN13O5. The molecule has 2 atom stereocenters. The first-order valence-corrected chi connectivity index (χ1v) is 25.1. The SMILES string of the molecule is C[C@H](CC(=O)[C@@H](C)[NH3+])C(=O)NCCc1ccc(NC(=O)CN(Cc2ccccn2)Cc2ccccn2)cc1.O=C(CN1CCN(Cc2ccccc2)CC1)NNC(=O)CN(Cc1ccccn1)Cc1ccccn1.[Cl-]. The van der Waals surface area contributed by atoms with Crippen molar-refractivity contribution < 1.29 is 42.1 Å². The van der Waals surface area contributed by atoms with Gasteiger partial charge in [-0.1, -0.05) is 73.7 Å². The van der Waals surface area contributed by atoms with E-state index in [1.54, 1.807) is 38.6 Å². The van der Waals surface area contributed by atoms with Gasteiger partial charge in [-0.3, -0.25) is 74.4 Å². The van der Waals surface area contributed by atoms with Crippen molar-refractivity contribution in [3.8, 4) is 0 Å². The number of benzene rings is 2. The van der Waals surface area contributed by atoms with E-state index < -0.39 is 0 Å². The number of nitrogens with zero attached hydrogens (tertiary/aromatic N) is 8. The first-order valence-electron chi connectivity index (χ1n) is 25.1. The van der Waals surface area contributed by atoms with Crippen LogP contribution in [-0.4, -0.2) is 127 Å². The van der Waals surface area contributed by atoms with Gasteiger partial charge in [0.1, 0.15) is 6.04 Å². The lowest BCUT2D eigenvalue weighted by Gasteiger charge is -2.34. The van der Waals surface area contributed by atoms with Crippen molar-refractivity contribution >= 4 is 35.1 Å². The molecule has 19 heteroatoms. The molecule has 0 aliphatic carbocycles. The van der Waals surface area contributed by atoms with E-state index in [0.717, 1.165) is 61.1 Å². The molecule has 18 nitrogen and oxygen atoms in total. The minimum atomic E-state index is -0.376. The Morgan fingerprint density at radius 3 is 1.48 bits per heavy atom. The summed E-state index contributed by atoms with van der Waals surface area (Å²) in [7, 11) is 0. The van der Waals surface area contributed by atoms with Crippen molar-refractivity contribution in [2.75, 3.05) is 57.7 Å². The van der Waals surface area contributed by atoms with Crippen molar-refractivity contribution in [2.45, 2.75) is 65.5 Å². The third-order valence-corrected chi connectivity index (χ3v) is 12.1. The monoisotopic (exact) mass is 1040 g/mol. The van der Waals surface area contributed by atoms with Crippen LogP contribution in [0.2, 0.25) is 0 Å². The van der Waals surface area contributed by atoms with Crippen LogP contribution in [0.4, 0.5) is 5.69 Å². The fraction of sp³-hybridized carbons (Fsp3) is 0.339. The number of carbonyl (C=O) groups excluding carboxylic acids is 5. The number of amides is 4. The standard InChI is InChI=1S/C29H36N6O3.C27H33N7O2.ClH/c1-21(17-27(36)22(2)30)29(38)33-16-13-23-9-11-24(12-10-23)34-28(37)20-35(18-25-7-3-5-14-31-25)19-26-8-4-6-15-32-26;35-26(21-33-16-14-32(15-17-33)18-23-8-2-1-3-9-23)30-31-27(36)22-34(19-24-10-4-6-12-28-24)20-25-11-5-7-13-29-25;/h3-12,14-15,21-22H,13,16-20,30H2,1-2H3,(H,33,38)(H,34,37);1-13H,14-22H2,(H,30,35)(H,31,36);1H/t21-,22-;;/m1../s1. The third-order valence-electron chi connectivity index (χ3n) is 12.1. The number of anilines is 1. The Hall–Kier alpha value is -7.32. The number of aromatic nitrogens is 4. The number of rotatable bonds is 24. The van der Waals surface area contributed by atoms with Gasteiger partial charge in [0.15, 0.2) is 5.78 Å². The predicted octanol–water partition coefficient (Wildman–Crippen LogP) is 0.450. The summed E-state index contributed by atoms with van der Waals surface area (Å²) < 4.78 is 0. The molecule has 1 fully saturated rings. The van der Waals surface area contributed by atoms with Crippen molar-refractivity contribution in [3.63, 3.8) is 0 Å². The number of hydrogen-bond acceptors (Lipinski definition) is 13. The molecule has 1 saturated heterocycles. The van der Waals surface area contributed by atoms with Crippen LogP contribution in [0, 0.1) is 5.92 Å². The fourth-order valence-electron chi connectivity index (χ4n) is 8.05. The fourth-order valence-corrected chi connectivity index (χ4v) is 8.05. The van der Waals surface area contributed by atoms with Gasteiger partial charge < -0.3 is 28.8 Å². The highest BCUT2D eigenvalue weighted by Crippen LogP contribution is 2.14. The van der Waals surface area contributed by atoms with Gasteiger partial charge in [0.05, 0.1) is 42.4 Å². The lowest BCUT2D eigenvalue weighted by Crippen LogP contribution is -3.00. The quantitative estimate of drug-likeness (QED) is 0.0521. The van der Waals surface area contributed by atoms with Gasteiger partial charge in [-0.15, -0.1) is 0 Å². The van der Waals surface area contributed by atoms with Gasteiger partial charge in [0.25, 0.3) is 11.8 Å². The number of pyridine rings is 4. The largest absolute Gasteiger partial charge is 1.00 e. The zero-order valence-electron chi connectivity index (χ0n) is 42.9. The second-order valence-corrected chi connectivity index (χ2v) is 18.5. The van der Waals surface area contributed by atoms with Crippen LogP contribution in [0.25, 0.3) is 0 Å². The maximum absolute atomic E-state index is 12.8. The first kappa shape index (κ1) is 58.6. The Morgan fingerprint density at radius 2 is 1.01 bits per heavy atom. The molecular weight excluding hydrogens is 970 g/mol. The Labute approximate surface area is 446 Å². The van der Waals surface area contributed by atoms with Crippen molar-refractivity contribution in [2.24, 2.45) is 5.92 Å². The number of carbonyl (C=O) groups is 5. The van der Waals surface area contributed by atoms with Gasteiger partial charge in [-0.2, -0.15) is 0 Å². The van der Waals surface area contributed by atoms with Crippen LogP contribution in [0.15, 0.2) is 152 Å². The normalized spacial score (nSPS) is 13.3. The molecule has 6 aromatic rings. The molecule has 75 heavy (non-hydrogen) atoms. The number of piperazine rings is 1. The smallest absolute Gasteiger partial charge is 0.252 e. The zero-order valence-corrected chi connectivity index (χ0v) is 43.7. The van der Waals surface area contributed by atoms with Crippen LogP contribution in [0.3, 0.4) is 0 Å². The number of quaternary nitrogens is 1. The van der Waals surface area contributed by atoms with Crippen LogP contribution in [-0.2, 0) is 63.1 Å². The van der Waals surface area contributed by atoms with Crippen LogP contribution in [0.1, 0.15) is 54.2 Å². The summed E-state index contributed by atoms with van der Waals surface area (Å²) in [5.41, 5.74) is 15.3.